The van der Waals surface area contributed by atoms with E-state index >= 15 is 0 Å². The average molecular weight is 502 g/mol. The van der Waals surface area contributed by atoms with Crippen molar-refractivity contribution in [2.45, 2.75) is 17.3 Å². The molecular formula is C20H23BN6O7S. The smallest absolute Gasteiger partial charge is 0.534 e. The Labute approximate surface area is 201 Å². The highest BCUT2D eigenvalue weighted by Gasteiger charge is 2.38. The predicted octanol–water partition coefficient (Wildman–Crippen LogP) is -1.45. The van der Waals surface area contributed by atoms with Crippen molar-refractivity contribution in [2.75, 3.05) is 18.8 Å². The zero-order valence-corrected chi connectivity index (χ0v) is 19.1. The Hall–Kier alpha value is -3.79. The molecule has 0 spiro atoms. The van der Waals surface area contributed by atoms with E-state index in [1.54, 1.807) is 12.1 Å². The lowest BCUT2D eigenvalue weighted by molar-refractivity contribution is -0.122. The molecule has 1 atom stereocenters. The zero-order valence-electron chi connectivity index (χ0n) is 18.3. The highest BCUT2D eigenvalue weighted by atomic mass is 32.2. The van der Waals surface area contributed by atoms with E-state index in [0.29, 0.717) is 16.9 Å². The molecule has 0 unspecified atom stereocenters. The Kier molecular flexibility index (Phi) is 6.84. The van der Waals surface area contributed by atoms with Gasteiger partial charge in [-0.3, -0.25) is 9.80 Å². The molecule has 0 aliphatic carbocycles. The summed E-state index contributed by atoms with van der Waals surface area (Å²) in [6.45, 7) is -0.220. The van der Waals surface area contributed by atoms with Crippen molar-refractivity contribution < 1.29 is 32.8 Å². The molecular weight excluding hydrogens is 479 g/mol. The highest BCUT2D eigenvalue weighted by Crippen LogP contribution is 2.30. The number of carbonyl (C=O) groups excluding carboxylic acids is 1. The van der Waals surface area contributed by atoms with Gasteiger partial charge in [0.2, 0.25) is 15.9 Å². The Balaban J connectivity index is 1.30. The van der Waals surface area contributed by atoms with Gasteiger partial charge in [-0.05, 0) is 42.3 Å². The van der Waals surface area contributed by atoms with Gasteiger partial charge in [0, 0.05) is 11.9 Å². The van der Waals surface area contributed by atoms with Crippen LogP contribution in [-0.4, -0.2) is 61.6 Å². The van der Waals surface area contributed by atoms with Crippen LogP contribution in [0.5, 0.6) is 5.75 Å². The van der Waals surface area contributed by atoms with E-state index in [1.807, 2.05) is 0 Å². The van der Waals surface area contributed by atoms with Crippen molar-refractivity contribution >= 4 is 34.7 Å². The van der Waals surface area contributed by atoms with E-state index in [4.69, 9.17) is 10.4 Å². The molecule has 15 heteroatoms. The maximum Gasteiger partial charge on any atom is 0.547 e. The summed E-state index contributed by atoms with van der Waals surface area (Å²) in [5.74, 6) is -2.34. The van der Waals surface area contributed by atoms with Crippen molar-refractivity contribution in [3.63, 3.8) is 0 Å². The van der Waals surface area contributed by atoms with Gasteiger partial charge in [-0.2, -0.15) is 0 Å². The van der Waals surface area contributed by atoms with Crippen LogP contribution < -0.4 is 31.4 Å². The van der Waals surface area contributed by atoms with Gasteiger partial charge in [0.25, 0.3) is 0 Å². The lowest BCUT2D eigenvalue weighted by atomic mass is 9.72. The molecule has 0 aromatic heterocycles. The number of para-hydroxylation sites is 1. The maximum atomic E-state index is 12.5. The van der Waals surface area contributed by atoms with Crippen LogP contribution in [0.1, 0.15) is 15.9 Å². The molecule has 0 saturated carbocycles. The quantitative estimate of drug-likeness (QED) is 0.165. The number of hydrogen-bond acceptors (Lipinski definition) is 10. The number of carboxylic acids is 1. The number of nitrogens with zero attached hydrogens (tertiary/aromatic N) is 1. The van der Waals surface area contributed by atoms with Crippen molar-refractivity contribution in [3.05, 3.63) is 65.5 Å². The first kappa shape index (κ1) is 24.3. The Morgan fingerprint density at radius 2 is 1.97 bits per heavy atom. The summed E-state index contributed by atoms with van der Waals surface area (Å²) < 4.78 is 32.6. The van der Waals surface area contributed by atoms with Gasteiger partial charge in [0.15, 0.2) is 0 Å². The summed E-state index contributed by atoms with van der Waals surface area (Å²) in [5.41, 5.74) is 12.5. The minimum Gasteiger partial charge on any atom is -0.534 e. The second-order valence-corrected chi connectivity index (χ2v) is 9.67. The zero-order chi connectivity index (χ0) is 25.2. The number of hydrazine groups is 2. The van der Waals surface area contributed by atoms with Gasteiger partial charge in [-0.15, -0.1) is 5.53 Å². The topological polar surface area (TPSA) is 195 Å². The van der Waals surface area contributed by atoms with Crippen molar-refractivity contribution in [2.24, 2.45) is 0 Å². The van der Waals surface area contributed by atoms with E-state index in [0.717, 1.165) is 0 Å². The van der Waals surface area contributed by atoms with Crippen LogP contribution in [-0.2, 0) is 21.2 Å². The first-order valence-corrected chi connectivity index (χ1v) is 11.9. The Bertz CT molecular complexity index is 1270. The van der Waals surface area contributed by atoms with Gasteiger partial charge in [0.05, 0.1) is 28.6 Å². The third-order valence-electron chi connectivity index (χ3n) is 5.32. The van der Waals surface area contributed by atoms with Gasteiger partial charge in [0.1, 0.15) is 12.3 Å². The van der Waals surface area contributed by atoms with Crippen LogP contribution >= 0.6 is 0 Å². The molecule has 184 valence electrons. The number of benzene rings is 2. The fourth-order valence-electron chi connectivity index (χ4n) is 3.60. The van der Waals surface area contributed by atoms with E-state index < -0.39 is 35.0 Å². The van der Waals surface area contributed by atoms with Crippen molar-refractivity contribution in [1.82, 2.24) is 26.0 Å². The number of hydrogen-bond donors (Lipinski definition) is 7. The fraction of sp³-hybridized carbons (Fsp3) is 0.200. The number of fused-ring (bicyclic) bond motifs is 1. The summed E-state index contributed by atoms with van der Waals surface area (Å²) in [4.78, 5) is 23.9. The van der Waals surface area contributed by atoms with Gasteiger partial charge in [-0.25, -0.2) is 17.9 Å². The van der Waals surface area contributed by atoms with E-state index in [2.05, 4.69) is 21.0 Å². The normalized spacial score (nSPS) is 17.2. The standard InChI is InChI=1S/C20H23BN6O7S/c22-13-4-6-15(7-5-13)35(32,33)23-9-14-10-27(26-25-14)11-18(28)24-17-8-12-2-1-3-16(20(29)30)19(12)34-21(17)31/h1-7,10,17,23,25-26,31H,8-9,11,22H2,(H,24,28)(H,29,30)/t17-/m0/s1. The molecule has 0 radical (unpaired) electrons. The minimum absolute atomic E-state index is 0.0598. The number of nitrogens with one attached hydrogen (secondary N) is 4. The lowest BCUT2D eigenvalue weighted by Gasteiger charge is -2.29. The summed E-state index contributed by atoms with van der Waals surface area (Å²) >= 11 is 0. The molecule has 2 aromatic carbocycles. The third kappa shape index (κ3) is 5.66. The number of rotatable bonds is 8. The number of amides is 1. The number of aromatic carboxylic acids is 1. The van der Waals surface area contributed by atoms with Crippen LogP contribution in [0.15, 0.2) is 59.3 Å². The van der Waals surface area contributed by atoms with Gasteiger partial charge in [-0.1, -0.05) is 12.1 Å². The summed E-state index contributed by atoms with van der Waals surface area (Å²) in [5, 5.41) is 23.6. The van der Waals surface area contributed by atoms with E-state index in [1.165, 1.54) is 41.5 Å². The highest BCUT2D eigenvalue weighted by molar-refractivity contribution is 7.89. The number of anilines is 1. The largest absolute Gasteiger partial charge is 0.547 e. The molecule has 8 N–H and O–H groups in total. The van der Waals surface area contributed by atoms with Gasteiger partial charge >= 0.3 is 13.1 Å². The molecule has 0 fully saturated rings. The number of carboxylic acid groups (broad SMARTS) is 1. The molecule has 4 rings (SSSR count). The van der Waals surface area contributed by atoms with Crippen LogP contribution in [0.4, 0.5) is 5.69 Å². The minimum atomic E-state index is -3.75. The number of nitrogens with two attached hydrogens (primary N) is 1. The van der Waals surface area contributed by atoms with Crippen molar-refractivity contribution in [1.29, 1.82) is 0 Å². The molecule has 0 bridgehead atoms. The van der Waals surface area contributed by atoms with Crippen LogP contribution in [0.3, 0.4) is 0 Å². The monoisotopic (exact) mass is 502 g/mol. The second-order valence-electron chi connectivity index (χ2n) is 7.90. The van der Waals surface area contributed by atoms with Crippen LogP contribution in [0.25, 0.3) is 0 Å². The molecule has 13 nitrogen and oxygen atoms in total. The van der Waals surface area contributed by atoms with Crippen LogP contribution in [0, 0.1) is 0 Å². The fourth-order valence-corrected chi connectivity index (χ4v) is 4.60. The van der Waals surface area contributed by atoms with E-state index in [9.17, 15) is 28.1 Å². The Morgan fingerprint density at radius 3 is 2.69 bits per heavy atom. The third-order valence-corrected chi connectivity index (χ3v) is 6.74. The summed E-state index contributed by atoms with van der Waals surface area (Å²) in [6.07, 6.45) is 1.70. The SMILES string of the molecule is Nc1ccc(S(=O)(=O)NCC2=CN(CC(=O)N[C@H]3Cc4cccc(C(=O)O)c4OB3O)NN2)cc1. The summed E-state index contributed by atoms with van der Waals surface area (Å²) in [6, 6.07) is 10.4. The van der Waals surface area contributed by atoms with Gasteiger partial charge < -0.3 is 31.3 Å². The first-order chi connectivity index (χ1) is 16.6. The Morgan fingerprint density at radius 1 is 1.23 bits per heavy atom. The number of carbonyl (C=O) groups is 2. The number of sulfonamides is 1. The first-order valence-electron chi connectivity index (χ1n) is 10.5. The maximum absolute atomic E-state index is 12.5. The molecule has 2 aliphatic rings. The number of nitrogen functional groups attached to an aromatic ring is 1. The lowest BCUT2D eigenvalue weighted by Crippen LogP contribution is -2.55. The molecule has 2 aromatic rings. The molecule has 0 saturated heterocycles. The average Bonchev–Trinajstić information content (AvgIpc) is 3.25. The molecule has 35 heavy (non-hydrogen) atoms. The predicted molar refractivity (Wildman–Crippen MR) is 125 cm³/mol. The van der Waals surface area contributed by atoms with Crippen molar-refractivity contribution in [3.8, 4) is 5.75 Å². The summed E-state index contributed by atoms with van der Waals surface area (Å²) in [7, 11) is -5.18. The van der Waals surface area contributed by atoms with Crippen LogP contribution in [0.2, 0.25) is 0 Å². The molecule has 2 aliphatic heterocycles. The second kappa shape index (κ2) is 9.83. The van der Waals surface area contributed by atoms with E-state index in [-0.39, 0.29) is 35.7 Å². The molecule has 2 heterocycles. The molecule has 1 amide bonds.